The lowest BCUT2D eigenvalue weighted by Gasteiger charge is -2.22. The molecule has 0 aromatic heterocycles. The van der Waals surface area contributed by atoms with E-state index in [9.17, 15) is 9.90 Å². The average Bonchev–Trinajstić information content (AvgIpc) is 2.95. The number of unbranched alkanes of at least 4 members (excludes halogenated alkanes) is 1. The number of nitrogens with one attached hydrogen (secondary N) is 2. The Morgan fingerprint density at radius 3 is 2.86 bits per heavy atom. The second kappa shape index (κ2) is 8.64. The van der Waals surface area contributed by atoms with Gasteiger partial charge in [-0.1, -0.05) is 18.2 Å². The van der Waals surface area contributed by atoms with Crippen molar-refractivity contribution in [1.82, 2.24) is 10.2 Å². The van der Waals surface area contributed by atoms with E-state index in [-0.39, 0.29) is 12.6 Å². The van der Waals surface area contributed by atoms with Gasteiger partial charge in [0.05, 0.1) is 6.61 Å². The third-order valence-corrected chi connectivity index (χ3v) is 3.90. The SMILES string of the molecule is O=C(NCCCCN1CCC[C@H]1CO)Nc1ccccc1. The van der Waals surface area contributed by atoms with Crippen LogP contribution < -0.4 is 10.6 Å². The Kier molecular flexibility index (Phi) is 6.50. The predicted molar refractivity (Wildman–Crippen MR) is 84.4 cm³/mol. The molecule has 1 aliphatic rings. The Balaban J connectivity index is 1.54. The number of anilines is 1. The summed E-state index contributed by atoms with van der Waals surface area (Å²) in [6.07, 6.45) is 4.29. The summed E-state index contributed by atoms with van der Waals surface area (Å²) in [5, 5.41) is 14.9. The molecule has 1 fully saturated rings. The summed E-state index contributed by atoms with van der Waals surface area (Å²) in [4.78, 5) is 14.0. The van der Waals surface area contributed by atoms with Crippen LogP contribution in [0.5, 0.6) is 0 Å². The number of nitrogens with zero attached hydrogens (tertiary/aromatic N) is 1. The van der Waals surface area contributed by atoms with E-state index in [1.807, 2.05) is 30.3 Å². The quantitative estimate of drug-likeness (QED) is 0.674. The minimum atomic E-state index is -0.157. The van der Waals surface area contributed by atoms with Crippen molar-refractivity contribution in [2.75, 3.05) is 31.6 Å². The van der Waals surface area contributed by atoms with Gasteiger partial charge in [-0.15, -0.1) is 0 Å². The fraction of sp³-hybridized carbons (Fsp3) is 0.562. The number of para-hydroxylation sites is 1. The molecule has 5 heteroatoms. The first-order valence-electron chi connectivity index (χ1n) is 7.74. The summed E-state index contributed by atoms with van der Waals surface area (Å²) in [7, 11) is 0. The van der Waals surface area contributed by atoms with Gasteiger partial charge in [-0.25, -0.2) is 4.79 Å². The molecule has 116 valence electrons. The summed E-state index contributed by atoms with van der Waals surface area (Å²) in [5.74, 6) is 0. The Hall–Kier alpha value is -1.59. The van der Waals surface area contributed by atoms with Crippen molar-refractivity contribution in [2.24, 2.45) is 0 Å². The molecule has 0 saturated carbocycles. The molecule has 1 heterocycles. The third-order valence-electron chi connectivity index (χ3n) is 3.90. The molecule has 0 radical (unpaired) electrons. The summed E-state index contributed by atoms with van der Waals surface area (Å²) >= 11 is 0. The molecule has 3 N–H and O–H groups in total. The Bertz CT molecular complexity index is 425. The smallest absolute Gasteiger partial charge is 0.319 e. The van der Waals surface area contributed by atoms with Crippen LogP contribution in [0.25, 0.3) is 0 Å². The van der Waals surface area contributed by atoms with E-state index >= 15 is 0 Å². The molecule has 1 aromatic carbocycles. The lowest BCUT2D eigenvalue weighted by molar-refractivity contribution is 0.157. The molecule has 0 bridgehead atoms. The lowest BCUT2D eigenvalue weighted by Crippen LogP contribution is -2.34. The monoisotopic (exact) mass is 291 g/mol. The fourth-order valence-electron chi connectivity index (χ4n) is 2.73. The number of carbonyl (C=O) groups is 1. The number of rotatable bonds is 7. The van der Waals surface area contributed by atoms with Gasteiger partial charge in [0, 0.05) is 18.3 Å². The average molecular weight is 291 g/mol. The molecule has 2 amide bonds. The minimum Gasteiger partial charge on any atom is -0.395 e. The maximum atomic E-state index is 11.7. The first-order valence-corrected chi connectivity index (χ1v) is 7.74. The number of benzene rings is 1. The normalized spacial score (nSPS) is 18.6. The first-order chi connectivity index (χ1) is 10.3. The van der Waals surface area contributed by atoms with Gasteiger partial charge in [0.25, 0.3) is 0 Å². The largest absolute Gasteiger partial charge is 0.395 e. The van der Waals surface area contributed by atoms with Crippen LogP contribution in [0.15, 0.2) is 30.3 Å². The lowest BCUT2D eigenvalue weighted by atomic mass is 10.2. The number of likely N-dealkylation sites (tertiary alicyclic amines) is 1. The van der Waals surface area contributed by atoms with Crippen molar-refractivity contribution in [3.8, 4) is 0 Å². The predicted octanol–water partition coefficient (Wildman–Crippen LogP) is 2.04. The molecule has 0 unspecified atom stereocenters. The number of aliphatic hydroxyl groups is 1. The molecule has 2 rings (SSSR count). The maximum Gasteiger partial charge on any atom is 0.319 e. The number of hydrogen-bond donors (Lipinski definition) is 3. The standard InChI is InChI=1S/C16H25N3O2/c20-13-15-9-6-12-19(15)11-5-4-10-17-16(21)18-14-7-2-1-3-8-14/h1-3,7-8,15,20H,4-6,9-13H2,(H2,17,18,21)/t15-/m0/s1. The highest BCUT2D eigenvalue weighted by Crippen LogP contribution is 2.16. The Morgan fingerprint density at radius 1 is 1.29 bits per heavy atom. The van der Waals surface area contributed by atoms with Crippen LogP contribution in [0.3, 0.4) is 0 Å². The highest BCUT2D eigenvalue weighted by molar-refractivity contribution is 5.89. The van der Waals surface area contributed by atoms with Gasteiger partial charge >= 0.3 is 6.03 Å². The zero-order valence-corrected chi connectivity index (χ0v) is 12.4. The van der Waals surface area contributed by atoms with E-state index in [0.717, 1.165) is 38.0 Å². The van der Waals surface area contributed by atoms with Crippen molar-refractivity contribution in [3.63, 3.8) is 0 Å². The Morgan fingerprint density at radius 2 is 2.10 bits per heavy atom. The molecule has 1 aromatic rings. The number of carbonyl (C=O) groups excluding carboxylic acids is 1. The number of urea groups is 1. The van der Waals surface area contributed by atoms with Gasteiger partial charge in [0.15, 0.2) is 0 Å². The van der Waals surface area contributed by atoms with Crippen molar-refractivity contribution < 1.29 is 9.90 Å². The van der Waals surface area contributed by atoms with Crippen LogP contribution in [-0.4, -0.2) is 48.3 Å². The maximum absolute atomic E-state index is 11.7. The van der Waals surface area contributed by atoms with Crippen LogP contribution >= 0.6 is 0 Å². The second-order valence-electron chi connectivity index (χ2n) is 5.47. The van der Waals surface area contributed by atoms with Crippen molar-refractivity contribution in [3.05, 3.63) is 30.3 Å². The highest BCUT2D eigenvalue weighted by Gasteiger charge is 2.22. The molecule has 1 saturated heterocycles. The Labute approximate surface area is 126 Å². The van der Waals surface area contributed by atoms with E-state index < -0.39 is 0 Å². The second-order valence-corrected chi connectivity index (χ2v) is 5.47. The summed E-state index contributed by atoms with van der Waals surface area (Å²) < 4.78 is 0. The van der Waals surface area contributed by atoms with Crippen LogP contribution in [0.1, 0.15) is 25.7 Å². The highest BCUT2D eigenvalue weighted by atomic mass is 16.3. The van der Waals surface area contributed by atoms with Crippen LogP contribution in [0, 0.1) is 0 Å². The molecule has 1 atom stereocenters. The summed E-state index contributed by atoms with van der Waals surface area (Å²) in [5.41, 5.74) is 0.804. The summed E-state index contributed by atoms with van der Waals surface area (Å²) in [6, 6.07) is 9.62. The van der Waals surface area contributed by atoms with Crippen molar-refractivity contribution in [2.45, 2.75) is 31.7 Å². The van der Waals surface area contributed by atoms with E-state index in [0.29, 0.717) is 12.6 Å². The van der Waals surface area contributed by atoms with E-state index in [1.165, 1.54) is 6.42 Å². The van der Waals surface area contributed by atoms with Crippen LogP contribution in [-0.2, 0) is 0 Å². The molecular formula is C16H25N3O2. The van der Waals surface area contributed by atoms with Gasteiger partial charge in [-0.05, 0) is 50.9 Å². The van der Waals surface area contributed by atoms with Gasteiger partial charge in [-0.3, -0.25) is 4.90 Å². The molecule has 1 aliphatic heterocycles. The fourth-order valence-corrected chi connectivity index (χ4v) is 2.73. The number of hydrogen-bond acceptors (Lipinski definition) is 3. The summed E-state index contributed by atoms with van der Waals surface area (Å²) in [6.45, 7) is 3.04. The van der Waals surface area contributed by atoms with Crippen LogP contribution in [0.2, 0.25) is 0 Å². The molecule has 0 spiro atoms. The first kappa shape index (κ1) is 15.8. The van der Waals surface area contributed by atoms with Crippen molar-refractivity contribution >= 4 is 11.7 Å². The minimum absolute atomic E-state index is 0.157. The van der Waals surface area contributed by atoms with Gasteiger partial charge in [0.1, 0.15) is 0 Å². The zero-order valence-electron chi connectivity index (χ0n) is 12.4. The van der Waals surface area contributed by atoms with Crippen molar-refractivity contribution in [1.29, 1.82) is 0 Å². The number of amides is 2. The van der Waals surface area contributed by atoms with Crippen LogP contribution in [0.4, 0.5) is 10.5 Å². The molecule has 21 heavy (non-hydrogen) atoms. The van der Waals surface area contributed by atoms with E-state index in [4.69, 9.17) is 0 Å². The molecule has 0 aliphatic carbocycles. The molecular weight excluding hydrogens is 266 g/mol. The molecule has 5 nitrogen and oxygen atoms in total. The third kappa shape index (κ3) is 5.36. The number of aliphatic hydroxyl groups excluding tert-OH is 1. The zero-order chi connectivity index (χ0) is 14.9. The van der Waals surface area contributed by atoms with E-state index in [2.05, 4.69) is 15.5 Å². The van der Waals surface area contributed by atoms with E-state index in [1.54, 1.807) is 0 Å². The van der Waals surface area contributed by atoms with Gasteiger partial charge in [-0.2, -0.15) is 0 Å². The van der Waals surface area contributed by atoms with Gasteiger partial charge in [0.2, 0.25) is 0 Å². The topological polar surface area (TPSA) is 64.6 Å². The van der Waals surface area contributed by atoms with Gasteiger partial charge < -0.3 is 15.7 Å².